The fourth-order valence-corrected chi connectivity index (χ4v) is 2.69. The van der Waals surface area contributed by atoms with E-state index in [2.05, 4.69) is 5.43 Å². The maximum atomic E-state index is 11.7. The van der Waals surface area contributed by atoms with E-state index in [9.17, 15) is 4.79 Å². The minimum Gasteiger partial charge on any atom is -0.497 e. The van der Waals surface area contributed by atoms with Crippen molar-refractivity contribution in [1.29, 1.82) is 0 Å². The van der Waals surface area contributed by atoms with Gasteiger partial charge in [0.05, 0.1) is 25.6 Å². The van der Waals surface area contributed by atoms with E-state index in [1.807, 2.05) is 60.7 Å². The van der Waals surface area contributed by atoms with E-state index < -0.39 is 0 Å². The van der Waals surface area contributed by atoms with Gasteiger partial charge in [-0.2, -0.15) is 0 Å². The van der Waals surface area contributed by atoms with E-state index >= 15 is 0 Å². The van der Waals surface area contributed by atoms with Crippen molar-refractivity contribution < 1.29 is 14.3 Å². The van der Waals surface area contributed by atoms with Gasteiger partial charge in [0.25, 0.3) is 0 Å². The van der Waals surface area contributed by atoms with Crippen LogP contribution in [-0.2, 0) is 4.79 Å². The molecule has 25 heavy (non-hydrogen) atoms. The molecule has 2 aromatic carbocycles. The second-order valence-electron chi connectivity index (χ2n) is 5.56. The third kappa shape index (κ3) is 3.50. The smallest absolute Gasteiger partial charge is 0.235 e. The molecular formula is C20H20N2O3. The van der Waals surface area contributed by atoms with Gasteiger partial charge >= 0.3 is 0 Å². The van der Waals surface area contributed by atoms with E-state index in [4.69, 9.17) is 9.47 Å². The first-order valence-corrected chi connectivity index (χ1v) is 7.90. The van der Waals surface area contributed by atoms with Crippen LogP contribution in [0.15, 0.2) is 60.7 Å². The summed E-state index contributed by atoms with van der Waals surface area (Å²) in [6, 6.07) is 19.4. The molecule has 0 atom stereocenters. The highest BCUT2D eigenvalue weighted by Gasteiger charge is 2.13. The zero-order chi connectivity index (χ0) is 17.8. The van der Waals surface area contributed by atoms with Gasteiger partial charge in [-0.3, -0.25) is 14.9 Å². The van der Waals surface area contributed by atoms with Crippen LogP contribution in [0.2, 0.25) is 0 Å². The molecule has 0 aliphatic rings. The van der Waals surface area contributed by atoms with Crippen molar-refractivity contribution in [2.75, 3.05) is 19.6 Å². The first-order valence-electron chi connectivity index (χ1n) is 7.90. The van der Waals surface area contributed by atoms with Crippen LogP contribution in [0.1, 0.15) is 6.92 Å². The number of amides is 1. The summed E-state index contributed by atoms with van der Waals surface area (Å²) >= 11 is 0. The van der Waals surface area contributed by atoms with E-state index in [0.29, 0.717) is 0 Å². The van der Waals surface area contributed by atoms with Crippen molar-refractivity contribution in [2.24, 2.45) is 0 Å². The second kappa shape index (κ2) is 7.13. The highest BCUT2D eigenvalue weighted by Crippen LogP contribution is 2.30. The summed E-state index contributed by atoms with van der Waals surface area (Å²) < 4.78 is 12.2. The van der Waals surface area contributed by atoms with Crippen LogP contribution in [-0.4, -0.2) is 24.8 Å². The molecule has 0 spiro atoms. The lowest BCUT2D eigenvalue weighted by Gasteiger charge is -2.14. The number of ether oxygens (including phenoxy) is 2. The summed E-state index contributed by atoms with van der Waals surface area (Å²) in [6.07, 6.45) is 0. The molecule has 0 aliphatic carbocycles. The molecule has 3 aromatic rings. The maximum Gasteiger partial charge on any atom is 0.235 e. The van der Waals surface area contributed by atoms with Crippen LogP contribution >= 0.6 is 0 Å². The Kier molecular flexibility index (Phi) is 4.75. The van der Waals surface area contributed by atoms with Gasteiger partial charge in [0.1, 0.15) is 11.5 Å². The molecule has 3 rings (SSSR count). The molecule has 5 heteroatoms. The molecule has 1 N–H and O–H groups in total. The van der Waals surface area contributed by atoms with Crippen molar-refractivity contribution in [3.8, 4) is 34.0 Å². The fourth-order valence-electron chi connectivity index (χ4n) is 2.69. The van der Waals surface area contributed by atoms with Gasteiger partial charge in [-0.25, -0.2) is 0 Å². The zero-order valence-corrected chi connectivity index (χ0v) is 14.4. The van der Waals surface area contributed by atoms with Crippen LogP contribution in [0.4, 0.5) is 0 Å². The normalized spacial score (nSPS) is 10.4. The van der Waals surface area contributed by atoms with Crippen LogP contribution in [0.5, 0.6) is 11.5 Å². The summed E-state index contributed by atoms with van der Waals surface area (Å²) in [4.78, 5) is 11.7. The highest BCUT2D eigenvalue weighted by molar-refractivity contribution is 5.84. The molecule has 128 valence electrons. The Labute approximate surface area is 146 Å². The zero-order valence-electron chi connectivity index (χ0n) is 14.4. The van der Waals surface area contributed by atoms with E-state index in [-0.39, 0.29) is 5.91 Å². The quantitative estimate of drug-likeness (QED) is 0.768. The first kappa shape index (κ1) is 16.6. The molecule has 1 aromatic heterocycles. The van der Waals surface area contributed by atoms with Crippen molar-refractivity contribution in [3.63, 3.8) is 0 Å². The van der Waals surface area contributed by atoms with E-state index in [1.165, 1.54) is 6.92 Å². The topological polar surface area (TPSA) is 52.5 Å². The number of nitrogens with one attached hydrogen (secondary N) is 1. The van der Waals surface area contributed by atoms with Crippen LogP contribution < -0.4 is 14.9 Å². The third-order valence-corrected chi connectivity index (χ3v) is 3.92. The van der Waals surface area contributed by atoms with E-state index in [1.54, 1.807) is 18.9 Å². The lowest BCUT2D eigenvalue weighted by Crippen LogP contribution is -2.21. The molecule has 0 unspecified atom stereocenters. The Hall–Kier alpha value is -3.21. The molecule has 1 heterocycles. The first-order chi connectivity index (χ1) is 12.1. The number of hydrogen-bond acceptors (Lipinski definition) is 3. The lowest BCUT2D eigenvalue weighted by molar-refractivity contribution is -0.115. The van der Waals surface area contributed by atoms with Gasteiger partial charge < -0.3 is 9.47 Å². The average molecular weight is 336 g/mol. The molecular weight excluding hydrogens is 316 g/mol. The molecule has 5 nitrogen and oxygen atoms in total. The molecule has 0 fully saturated rings. The highest BCUT2D eigenvalue weighted by atomic mass is 16.5. The number of hydrogen-bond donors (Lipinski definition) is 1. The van der Waals surface area contributed by atoms with Gasteiger partial charge in [-0.05, 0) is 60.7 Å². The molecule has 0 radical (unpaired) electrons. The molecule has 0 bridgehead atoms. The van der Waals surface area contributed by atoms with Gasteiger partial charge in [0.15, 0.2) is 0 Å². The number of aromatic nitrogens is 1. The van der Waals surface area contributed by atoms with Crippen LogP contribution in [0, 0.1) is 0 Å². The van der Waals surface area contributed by atoms with E-state index in [0.717, 1.165) is 34.0 Å². The summed E-state index contributed by atoms with van der Waals surface area (Å²) in [5, 5.41) is 0. The Morgan fingerprint density at radius 3 is 1.48 bits per heavy atom. The predicted octanol–water partition coefficient (Wildman–Crippen LogP) is 3.93. The fraction of sp³-hybridized carbons (Fsp3) is 0.150. The monoisotopic (exact) mass is 336 g/mol. The summed E-state index contributed by atoms with van der Waals surface area (Å²) in [5.74, 6) is 1.44. The number of nitrogens with zero attached hydrogens (tertiary/aromatic N) is 1. The Morgan fingerprint density at radius 2 is 1.16 bits per heavy atom. The molecule has 1 amide bonds. The van der Waals surface area contributed by atoms with Crippen molar-refractivity contribution in [2.45, 2.75) is 6.92 Å². The lowest BCUT2D eigenvalue weighted by atomic mass is 10.1. The van der Waals surface area contributed by atoms with Gasteiger partial charge in [-0.15, -0.1) is 0 Å². The summed E-state index contributed by atoms with van der Waals surface area (Å²) in [7, 11) is 3.27. The van der Waals surface area contributed by atoms with Crippen molar-refractivity contribution in [1.82, 2.24) is 4.68 Å². The largest absolute Gasteiger partial charge is 0.497 e. The Bertz CT molecular complexity index is 800. The standard InChI is InChI=1S/C20H20N2O3/c1-14(23)21-22-19(15-4-8-17(24-2)9-5-15)12-13-20(22)16-6-10-18(25-3)11-7-16/h4-13H,1-3H3,(H,21,23). The second-order valence-corrected chi connectivity index (χ2v) is 5.56. The minimum atomic E-state index is -0.138. The van der Waals surface area contributed by atoms with Gasteiger partial charge in [-0.1, -0.05) is 0 Å². The summed E-state index contributed by atoms with van der Waals surface area (Å²) in [6.45, 7) is 1.50. The summed E-state index contributed by atoms with van der Waals surface area (Å²) in [5.41, 5.74) is 6.64. The molecule has 0 saturated heterocycles. The Balaban J connectivity index is 2.06. The van der Waals surface area contributed by atoms with Crippen LogP contribution in [0.3, 0.4) is 0 Å². The number of methoxy groups -OCH3 is 2. The van der Waals surface area contributed by atoms with Gasteiger partial charge in [0, 0.05) is 18.1 Å². The predicted molar refractivity (Wildman–Crippen MR) is 98.4 cm³/mol. The Morgan fingerprint density at radius 1 is 0.760 bits per heavy atom. The minimum absolute atomic E-state index is 0.138. The third-order valence-electron chi connectivity index (χ3n) is 3.92. The SMILES string of the molecule is COc1ccc(-c2ccc(-c3ccc(OC)cc3)n2NC(C)=O)cc1. The molecule has 0 aliphatic heterocycles. The number of carbonyl (C=O) groups is 1. The van der Waals surface area contributed by atoms with Gasteiger partial charge in [0.2, 0.25) is 5.91 Å². The molecule has 0 saturated carbocycles. The average Bonchev–Trinajstić information content (AvgIpc) is 3.04. The van der Waals surface area contributed by atoms with Crippen LogP contribution in [0.25, 0.3) is 22.5 Å². The number of rotatable bonds is 5. The van der Waals surface area contributed by atoms with Crippen molar-refractivity contribution >= 4 is 5.91 Å². The number of carbonyl (C=O) groups excluding carboxylic acids is 1. The van der Waals surface area contributed by atoms with Crippen molar-refractivity contribution in [3.05, 3.63) is 60.7 Å². The maximum absolute atomic E-state index is 11.7. The number of benzene rings is 2.